The van der Waals surface area contributed by atoms with Crippen LogP contribution < -0.4 is 0 Å². The number of allylic oxidation sites excluding steroid dienone is 8. The number of rotatable bonds is 9. The highest BCUT2D eigenvalue weighted by Gasteiger charge is 2.37. The van der Waals surface area contributed by atoms with Crippen LogP contribution in [0.3, 0.4) is 0 Å². The maximum absolute atomic E-state index is 14.1. The fourth-order valence-corrected chi connectivity index (χ4v) is 6.62. The number of halogens is 1. The number of piperidine rings is 1. The number of hydrogen-bond acceptors (Lipinski definition) is 3. The molecule has 226 valence electrons. The zero-order chi connectivity index (χ0) is 30.2. The predicted molar refractivity (Wildman–Crippen MR) is 168 cm³/mol. The van der Waals surface area contributed by atoms with Gasteiger partial charge in [0.1, 0.15) is 0 Å². The highest BCUT2D eigenvalue weighted by Crippen LogP contribution is 2.39. The average Bonchev–Trinajstić information content (AvgIpc) is 3.20. The van der Waals surface area contributed by atoms with Crippen LogP contribution in [0.25, 0.3) is 0 Å². The largest absolute Gasteiger partial charge is 0.481 e. The van der Waals surface area contributed by atoms with E-state index >= 15 is 0 Å². The van der Waals surface area contributed by atoms with Crippen molar-refractivity contribution in [1.29, 1.82) is 0 Å². The van der Waals surface area contributed by atoms with Crippen molar-refractivity contribution < 1.29 is 19.5 Å². The first kappa shape index (κ1) is 31.8. The first-order valence-corrected chi connectivity index (χ1v) is 15.8. The van der Waals surface area contributed by atoms with Crippen LogP contribution in [0.4, 0.5) is 0 Å². The summed E-state index contributed by atoms with van der Waals surface area (Å²) in [6.45, 7) is 8.01. The Labute approximate surface area is 255 Å². The molecule has 1 aromatic carbocycles. The van der Waals surface area contributed by atoms with Gasteiger partial charge in [0.15, 0.2) is 0 Å². The van der Waals surface area contributed by atoms with Crippen LogP contribution >= 0.6 is 11.6 Å². The number of likely N-dealkylation sites (tertiary alicyclic amines) is 1. The Morgan fingerprint density at radius 3 is 2.62 bits per heavy atom. The van der Waals surface area contributed by atoms with E-state index in [1.54, 1.807) is 9.80 Å². The molecule has 1 aromatic rings. The van der Waals surface area contributed by atoms with Crippen LogP contribution in [0, 0.1) is 17.8 Å². The highest BCUT2D eigenvalue weighted by atomic mass is 35.5. The molecule has 0 saturated carbocycles. The number of benzene rings is 1. The molecule has 3 aliphatic rings. The number of carboxylic acid groups (broad SMARTS) is 1. The fraction of sp³-hybridized carbons (Fsp3) is 0.514. The molecule has 1 aliphatic carbocycles. The van der Waals surface area contributed by atoms with Crippen LogP contribution in [0.15, 0.2) is 66.3 Å². The van der Waals surface area contributed by atoms with Crippen LogP contribution in [0.2, 0.25) is 5.02 Å². The normalized spacial score (nSPS) is 24.4. The zero-order valence-electron chi connectivity index (χ0n) is 25.2. The number of carbonyl (C=O) groups excluding carboxylic acids is 2. The van der Waals surface area contributed by atoms with Crippen molar-refractivity contribution in [3.8, 4) is 0 Å². The molecule has 6 nitrogen and oxygen atoms in total. The fourth-order valence-electron chi connectivity index (χ4n) is 6.44. The Balaban J connectivity index is 1.56. The number of hydrogen-bond donors (Lipinski definition) is 1. The van der Waals surface area contributed by atoms with Crippen molar-refractivity contribution in [2.75, 3.05) is 26.2 Å². The van der Waals surface area contributed by atoms with Gasteiger partial charge in [-0.1, -0.05) is 86.5 Å². The third-order valence-corrected chi connectivity index (χ3v) is 9.07. The SMILES string of the molecule is CC(C)CC1C(=O)N(CC(=O)N2CCC(CC(=O)O)CC2)CC(C/C=C\C=C2\CC=CC=CC2C)c2cc(Cl)ccc21. The lowest BCUT2D eigenvalue weighted by atomic mass is 9.83. The first-order valence-electron chi connectivity index (χ1n) is 15.4. The molecule has 1 N–H and O–H groups in total. The molecule has 3 unspecified atom stereocenters. The molecular formula is C35H45ClN2O4. The van der Waals surface area contributed by atoms with Gasteiger partial charge in [-0.2, -0.15) is 0 Å². The van der Waals surface area contributed by atoms with Gasteiger partial charge in [-0.05, 0) is 73.1 Å². The van der Waals surface area contributed by atoms with E-state index in [2.05, 4.69) is 63.3 Å². The second kappa shape index (κ2) is 14.9. The summed E-state index contributed by atoms with van der Waals surface area (Å²) in [6, 6.07) is 5.89. The van der Waals surface area contributed by atoms with Gasteiger partial charge in [0.2, 0.25) is 11.8 Å². The number of fused-ring (bicyclic) bond motifs is 1. The summed E-state index contributed by atoms with van der Waals surface area (Å²) < 4.78 is 0. The van der Waals surface area contributed by atoms with Crippen molar-refractivity contribution in [3.05, 3.63) is 82.5 Å². The predicted octanol–water partition coefficient (Wildman–Crippen LogP) is 7.13. The summed E-state index contributed by atoms with van der Waals surface area (Å²) in [7, 11) is 0. The van der Waals surface area contributed by atoms with E-state index in [9.17, 15) is 14.4 Å². The van der Waals surface area contributed by atoms with Gasteiger partial charge in [0, 0.05) is 37.0 Å². The van der Waals surface area contributed by atoms with Crippen molar-refractivity contribution in [2.45, 2.75) is 71.1 Å². The quantitative estimate of drug-likeness (QED) is 0.331. The van der Waals surface area contributed by atoms with Gasteiger partial charge >= 0.3 is 5.97 Å². The lowest BCUT2D eigenvalue weighted by Crippen LogP contribution is -2.47. The molecule has 0 radical (unpaired) electrons. The molecule has 1 saturated heterocycles. The highest BCUT2D eigenvalue weighted by molar-refractivity contribution is 6.30. The third kappa shape index (κ3) is 8.47. The van der Waals surface area contributed by atoms with Gasteiger partial charge in [0.25, 0.3) is 0 Å². The monoisotopic (exact) mass is 592 g/mol. The molecule has 0 bridgehead atoms. The lowest BCUT2D eigenvalue weighted by Gasteiger charge is -2.34. The number of aliphatic carboxylic acids is 1. The average molecular weight is 593 g/mol. The maximum atomic E-state index is 14.1. The van der Waals surface area contributed by atoms with Gasteiger partial charge in [-0.25, -0.2) is 0 Å². The molecule has 3 atom stereocenters. The van der Waals surface area contributed by atoms with E-state index in [1.165, 1.54) is 5.57 Å². The minimum Gasteiger partial charge on any atom is -0.481 e. The van der Waals surface area contributed by atoms with Crippen LogP contribution in [0.5, 0.6) is 0 Å². The molecule has 2 heterocycles. The second-order valence-electron chi connectivity index (χ2n) is 12.5. The van der Waals surface area contributed by atoms with Crippen LogP contribution in [0.1, 0.15) is 82.3 Å². The van der Waals surface area contributed by atoms with Crippen molar-refractivity contribution >= 4 is 29.4 Å². The molecule has 2 amide bonds. The Kier molecular flexibility index (Phi) is 11.3. The summed E-state index contributed by atoms with van der Waals surface area (Å²) in [5, 5.41) is 9.79. The van der Waals surface area contributed by atoms with Crippen molar-refractivity contribution in [3.63, 3.8) is 0 Å². The van der Waals surface area contributed by atoms with Crippen LogP contribution in [-0.4, -0.2) is 58.9 Å². The standard InChI is InChI=1S/C35H45ClN2O4/c1-24(2)19-32-30-14-13-29(36)21-31(30)28(12-8-7-11-27-10-6-4-5-9-25(27)3)22-38(35(32)42)23-33(39)37-17-15-26(16-18-37)20-34(40)41/h4-9,11,13-14,21,24-26,28,32H,10,12,15-20,22-23H2,1-3H3,(H,40,41)/b8-7-,27-11-. The molecule has 1 fully saturated rings. The van der Waals surface area contributed by atoms with Gasteiger partial charge < -0.3 is 14.9 Å². The van der Waals surface area contributed by atoms with Gasteiger partial charge in [-0.3, -0.25) is 14.4 Å². The number of carboxylic acids is 1. The van der Waals surface area contributed by atoms with E-state index in [-0.39, 0.29) is 42.5 Å². The number of nitrogens with zero attached hydrogens (tertiary/aromatic N) is 2. The molecule has 4 rings (SSSR count). The summed E-state index contributed by atoms with van der Waals surface area (Å²) >= 11 is 6.51. The summed E-state index contributed by atoms with van der Waals surface area (Å²) in [5.74, 6) is -0.386. The van der Waals surface area contributed by atoms with Crippen molar-refractivity contribution in [2.24, 2.45) is 17.8 Å². The first-order chi connectivity index (χ1) is 20.1. The Morgan fingerprint density at radius 2 is 1.90 bits per heavy atom. The maximum Gasteiger partial charge on any atom is 0.303 e. The zero-order valence-corrected chi connectivity index (χ0v) is 25.9. The summed E-state index contributed by atoms with van der Waals surface area (Å²) in [5.41, 5.74) is 3.47. The van der Waals surface area contributed by atoms with E-state index in [4.69, 9.17) is 16.7 Å². The van der Waals surface area contributed by atoms with E-state index in [1.807, 2.05) is 18.2 Å². The molecule has 0 aromatic heterocycles. The molecular weight excluding hydrogens is 548 g/mol. The van der Waals surface area contributed by atoms with E-state index in [0.29, 0.717) is 55.8 Å². The van der Waals surface area contributed by atoms with Gasteiger partial charge in [-0.15, -0.1) is 0 Å². The Morgan fingerprint density at radius 1 is 1.14 bits per heavy atom. The van der Waals surface area contributed by atoms with E-state index < -0.39 is 5.97 Å². The minimum absolute atomic E-state index is 0.000776. The number of amides is 2. The van der Waals surface area contributed by atoms with Crippen LogP contribution in [-0.2, 0) is 14.4 Å². The Bertz CT molecular complexity index is 1260. The summed E-state index contributed by atoms with van der Waals surface area (Å²) in [4.78, 5) is 42.3. The molecule has 0 spiro atoms. The number of carbonyl (C=O) groups is 3. The lowest BCUT2D eigenvalue weighted by molar-refractivity contribution is -0.143. The van der Waals surface area contributed by atoms with Gasteiger partial charge in [0.05, 0.1) is 12.5 Å². The molecule has 2 aliphatic heterocycles. The van der Waals surface area contributed by atoms with E-state index in [0.717, 1.165) is 24.0 Å². The third-order valence-electron chi connectivity index (χ3n) is 8.83. The topological polar surface area (TPSA) is 77.9 Å². The Hall–Kier alpha value is -3.12. The smallest absolute Gasteiger partial charge is 0.303 e. The minimum atomic E-state index is -0.792. The molecule has 7 heteroatoms. The van der Waals surface area contributed by atoms with Crippen molar-refractivity contribution in [1.82, 2.24) is 9.80 Å². The second-order valence-corrected chi connectivity index (χ2v) is 12.9. The summed E-state index contributed by atoms with van der Waals surface area (Å²) in [6.07, 6.45) is 18.9. The molecule has 42 heavy (non-hydrogen) atoms.